The van der Waals surface area contributed by atoms with Gasteiger partial charge in [0.2, 0.25) is 0 Å². The molecule has 0 aromatic heterocycles. The zero-order valence-corrected chi connectivity index (χ0v) is 7.04. The van der Waals surface area contributed by atoms with E-state index in [0.717, 1.165) is 10.7 Å². The average Bonchev–Trinajstić information content (AvgIpc) is 2.12. The van der Waals surface area contributed by atoms with Gasteiger partial charge in [0.15, 0.2) is 0 Å². The van der Waals surface area contributed by atoms with Gasteiger partial charge < -0.3 is 0 Å². The second-order valence-corrected chi connectivity index (χ2v) is 3.29. The summed E-state index contributed by atoms with van der Waals surface area (Å²) in [6, 6.07) is 0. The van der Waals surface area contributed by atoms with Crippen molar-refractivity contribution in [2.45, 2.75) is 20.3 Å². The Balaban J connectivity index is 2.96. The zero-order chi connectivity index (χ0) is 6.85. The van der Waals surface area contributed by atoms with Crippen molar-refractivity contribution in [3.05, 3.63) is 21.5 Å². The third-order valence-electron chi connectivity index (χ3n) is 1.58. The fourth-order valence-corrected chi connectivity index (χ4v) is 1.74. The van der Waals surface area contributed by atoms with Crippen molar-refractivity contribution < 1.29 is 19.9 Å². The molecule has 0 aliphatic heterocycles. The van der Waals surface area contributed by atoms with Crippen molar-refractivity contribution in [2.75, 3.05) is 0 Å². The molecule has 0 saturated carbocycles. The van der Waals surface area contributed by atoms with Crippen LogP contribution in [-0.2, 0) is 19.9 Å². The van der Waals surface area contributed by atoms with Crippen LogP contribution >= 0.6 is 0 Å². The Kier molecular flexibility index (Phi) is 2.04. The third-order valence-corrected chi connectivity index (χ3v) is 3.02. The molecule has 0 spiro atoms. The fraction of sp³-hybridized carbons (Fsp3) is 0.429. The molecule has 0 saturated heterocycles. The molecule has 1 aliphatic carbocycles. The van der Waals surface area contributed by atoms with Crippen LogP contribution in [0.5, 0.6) is 0 Å². The molecule has 0 unspecified atom stereocenters. The molecule has 0 atom stereocenters. The van der Waals surface area contributed by atoms with Gasteiger partial charge in [0, 0.05) is 0 Å². The van der Waals surface area contributed by atoms with Gasteiger partial charge in [-0.15, -0.1) is 0 Å². The molecule has 0 fully saturated rings. The first kappa shape index (κ1) is 6.98. The molecule has 0 amide bonds. The van der Waals surface area contributed by atoms with Crippen LogP contribution < -0.4 is 0 Å². The van der Waals surface area contributed by atoms with E-state index in [1.165, 1.54) is 11.1 Å². The number of hydrogen-bond donors (Lipinski definition) is 0. The first-order valence-corrected chi connectivity index (χ1v) is 4.23. The summed E-state index contributed by atoms with van der Waals surface area (Å²) in [7, 11) is 0. The summed E-state index contributed by atoms with van der Waals surface area (Å²) in [5.41, 5.74) is 2.52. The van der Waals surface area contributed by atoms with Gasteiger partial charge in [-0.3, -0.25) is 0 Å². The summed E-state index contributed by atoms with van der Waals surface area (Å²) in [6.07, 6.45) is 3.15. The predicted octanol–water partition coefficient (Wildman–Crippen LogP) is 2.04. The van der Waals surface area contributed by atoms with Crippen LogP contribution in [0.25, 0.3) is 0 Å². The Hall–Kier alpha value is -0.136. The molecule has 1 aliphatic rings. The van der Waals surface area contributed by atoms with E-state index in [9.17, 15) is 3.67 Å². The van der Waals surface area contributed by atoms with Crippen LogP contribution in [0.4, 0.5) is 0 Å². The SMILES string of the molecule is CC1=CCC(C)=[C]1[V]=[O]. The predicted molar refractivity (Wildman–Crippen MR) is 31.8 cm³/mol. The molecule has 1 nitrogen and oxygen atoms in total. The van der Waals surface area contributed by atoms with Gasteiger partial charge >= 0.3 is 61.7 Å². The summed E-state index contributed by atoms with van der Waals surface area (Å²) in [4.78, 5) is 0. The van der Waals surface area contributed by atoms with E-state index in [4.69, 9.17) is 0 Å². The molecule has 2 heteroatoms. The Morgan fingerprint density at radius 1 is 1.56 bits per heavy atom. The van der Waals surface area contributed by atoms with E-state index in [0.29, 0.717) is 0 Å². The summed E-state index contributed by atoms with van der Waals surface area (Å²) in [5.74, 6) is 0. The Morgan fingerprint density at radius 2 is 2.22 bits per heavy atom. The van der Waals surface area contributed by atoms with Crippen molar-refractivity contribution in [3.63, 3.8) is 0 Å². The van der Waals surface area contributed by atoms with Gasteiger partial charge in [0.1, 0.15) is 0 Å². The van der Waals surface area contributed by atoms with Crippen LogP contribution in [0, 0.1) is 0 Å². The van der Waals surface area contributed by atoms with E-state index in [-0.39, 0.29) is 0 Å². The van der Waals surface area contributed by atoms with Gasteiger partial charge in [-0.25, -0.2) is 0 Å². The van der Waals surface area contributed by atoms with Crippen molar-refractivity contribution in [2.24, 2.45) is 0 Å². The average molecular weight is 160 g/mol. The van der Waals surface area contributed by atoms with Crippen molar-refractivity contribution in [1.29, 1.82) is 0 Å². The molecule has 1 rings (SSSR count). The van der Waals surface area contributed by atoms with E-state index in [1.54, 1.807) is 0 Å². The first-order valence-electron chi connectivity index (χ1n) is 2.96. The minimum absolute atomic E-state index is 0.787. The molecule has 0 aromatic carbocycles. The van der Waals surface area contributed by atoms with Crippen LogP contribution in [-0.4, -0.2) is 0 Å². The van der Waals surface area contributed by atoms with Crippen molar-refractivity contribution in [1.82, 2.24) is 0 Å². The number of allylic oxidation sites excluding steroid dienone is 4. The van der Waals surface area contributed by atoms with E-state index >= 15 is 0 Å². The second kappa shape index (κ2) is 2.63. The summed E-state index contributed by atoms with van der Waals surface area (Å²) in [5, 5.41) is 0. The molecular formula is C7H9OV. The topological polar surface area (TPSA) is 17.1 Å². The zero-order valence-electron chi connectivity index (χ0n) is 5.64. The first-order chi connectivity index (χ1) is 4.25. The standard InChI is InChI=1S/C7H9.O.V/c1-6-3-4-7(2)5-6;;/h3H,4H2,1-2H3;;. The quantitative estimate of drug-likeness (QED) is 0.573. The summed E-state index contributed by atoms with van der Waals surface area (Å²) < 4.78 is 11.7. The summed E-state index contributed by atoms with van der Waals surface area (Å²) in [6.45, 7) is 4.08. The normalized spacial score (nSPS) is 18.2. The molecule has 0 aromatic rings. The molecule has 0 heterocycles. The van der Waals surface area contributed by atoms with Crippen LogP contribution in [0.15, 0.2) is 21.5 Å². The maximum atomic E-state index is 10.5. The fourth-order valence-electron chi connectivity index (χ4n) is 0.986. The molecular weight excluding hydrogens is 151 g/mol. The molecule has 0 N–H and O–H groups in total. The minimum atomic E-state index is -0.787. The molecule has 9 heavy (non-hydrogen) atoms. The third kappa shape index (κ3) is 1.22. The molecule has 0 radical (unpaired) electrons. The number of hydrogen-bond acceptors (Lipinski definition) is 1. The maximum absolute atomic E-state index is 10.5. The summed E-state index contributed by atoms with van der Waals surface area (Å²) >= 11 is -0.787. The van der Waals surface area contributed by atoms with Crippen molar-refractivity contribution in [3.8, 4) is 0 Å². The Labute approximate surface area is 62.1 Å². The Bertz CT molecular complexity index is 201. The van der Waals surface area contributed by atoms with Crippen LogP contribution in [0.2, 0.25) is 0 Å². The van der Waals surface area contributed by atoms with Gasteiger partial charge in [0.25, 0.3) is 0 Å². The second-order valence-electron chi connectivity index (χ2n) is 2.31. The Morgan fingerprint density at radius 3 is 2.44 bits per heavy atom. The van der Waals surface area contributed by atoms with Gasteiger partial charge in [0.05, 0.1) is 0 Å². The van der Waals surface area contributed by atoms with Gasteiger partial charge in [-0.2, -0.15) is 0 Å². The van der Waals surface area contributed by atoms with Crippen molar-refractivity contribution >= 4 is 0 Å². The number of rotatable bonds is 1. The molecule has 0 bridgehead atoms. The van der Waals surface area contributed by atoms with Crippen LogP contribution in [0.3, 0.4) is 0 Å². The van der Waals surface area contributed by atoms with Gasteiger partial charge in [-0.1, -0.05) is 0 Å². The van der Waals surface area contributed by atoms with Crippen LogP contribution in [0.1, 0.15) is 20.3 Å². The van der Waals surface area contributed by atoms with E-state index in [1.807, 2.05) is 6.92 Å². The molecule has 48 valence electrons. The van der Waals surface area contributed by atoms with E-state index < -0.39 is 16.2 Å². The monoisotopic (exact) mass is 160 g/mol. The van der Waals surface area contributed by atoms with E-state index in [2.05, 4.69) is 13.0 Å². The van der Waals surface area contributed by atoms with Gasteiger partial charge in [-0.05, 0) is 0 Å².